The molecule has 25 heavy (non-hydrogen) atoms. The Morgan fingerprint density at radius 2 is 2.08 bits per heavy atom. The summed E-state index contributed by atoms with van der Waals surface area (Å²) >= 11 is 1.61. The largest absolute Gasteiger partial charge is 0.312 e. The molecule has 0 radical (unpaired) electrons. The molecule has 0 saturated carbocycles. The number of rotatable bonds is 3. The van der Waals surface area contributed by atoms with Crippen molar-refractivity contribution in [3.63, 3.8) is 0 Å². The maximum Gasteiger partial charge on any atom is 0.243 e. The van der Waals surface area contributed by atoms with E-state index in [0.29, 0.717) is 24.4 Å². The summed E-state index contributed by atoms with van der Waals surface area (Å²) in [5.74, 6) is -0.00772. The van der Waals surface area contributed by atoms with E-state index in [1.165, 1.54) is 6.92 Å². The zero-order chi connectivity index (χ0) is 17.6. The number of anilines is 1. The smallest absolute Gasteiger partial charge is 0.243 e. The van der Waals surface area contributed by atoms with Crippen LogP contribution in [0.25, 0.3) is 0 Å². The van der Waals surface area contributed by atoms with E-state index in [9.17, 15) is 13.2 Å². The van der Waals surface area contributed by atoms with Crippen LogP contribution in [-0.2, 0) is 21.2 Å². The first kappa shape index (κ1) is 16.8. The van der Waals surface area contributed by atoms with Crippen molar-refractivity contribution in [2.75, 3.05) is 18.0 Å². The van der Waals surface area contributed by atoms with Crippen LogP contribution in [0.15, 0.2) is 40.6 Å². The molecule has 1 aromatic carbocycles. The van der Waals surface area contributed by atoms with Crippen molar-refractivity contribution >= 4 is 33.0 Å². The monoisotopic (exact) mass is 376 g/mol. The summed E-state index contributed by atoms with van der Waals surface area (Å²) in [4.78, 5) is 14.8. The lowest BCUT2D eigenvalue weighted by Crippen LogP contribution is -2.30. The normalized spacial score (nSPS) is 20.8. The number of carbonyl (C=O) groups is 1. The van der Waals surface area contributed by atoms with Gasteiger partial charge in [-0.05, 0) is 54.5 Å². The van der Waals surface area contributed by atoms with E-state index in [2.05, 4.69) is 0 Å². The molecule has 1 amide bonds. The third-order valence-electron chi connectivity index (χ3n) is 5.01. The van der Waals surface area contributed by atoms with Crippen LogP contribution in [0.1, 0.15) is 36.2 Å². The van der Waals surface area contributed by atoms with Crippen LogP contribution in [0.4, 0.5) is 5.69 Å². The van der Waals surface area contributed by atoms with Crippen molar-refractivity contribution in [2.24, 2.45) is 0 Å². The molecule has 0 unspecified atom stereocenters. The van der Waals surface area contributed by atoms with Gasteiger partial charge in [0.1, 0.15) is 0 Å². The third kappa shape index (κ3) is 2.80. The minimum atomic E-state index is -3.54. The summed E-state index contributed by atoms with van der Waals surface area (Å²) in [5.41, 5.74) is 1.77. The van der Waals surface area contributed by atoms with Gasteiger partial charge in [0.05, 0.1) is 10.9 Å². The minimum Gasteiger partial charge on any atom is -0.312 e. The van der Waals surface area contributed by atoms with Gasteiger partial charge < -0.3 is 4.90 Å². The first-order valence-electron chi connectivity index (χ1n) is 8.45. The van der Waals surface area contributed by atoms with Crippen LogP contribution < -0.4 is 4.90 Å². The Labute approximate surface area is 151 Å². The van der Waals surface area contributed by atoms with Crippen LogP contribution in [0.2, 0.25) is 0 Å². The van der Waals surface area contributed by atoms with E-state index >= 15 is 0 Å². The first-order valence-corrected chi connectivity index (χ1v) is 10.8. The van der Waals surface area contributed by atoms with E-state index in [1.807, 2.05) is 17.5 Å². The predicted octanol–water partition coefficient (Wildman–Crippen LogP) is 3.18. The van der Waals surface area contributed by atoms with Gasteiger partial charge >= 0.3 is 0 Å². The zero-order valence-corrected chi connectivity index (χ0v) is 15.6. The van der Waals surface area contributed by atoms with Gasteiger partial charge in [0.2, 0.25) is 15.9 Å². The SMILES string of the molecule is CC(=O)N1CCc2cc(S(=O)(=O)N3CCC[C@H]3c3cccs3)ccc21. The van der Waals surface area contributed by atoms with Crippen molar-refractivity contribution in [2.45, 2.75) is 37.1 Å². The number of sulfonamides is 1. The molecule has 1 saturated heterocycles. The molecule has 2 aliphatic rings. The molecule has 2 aromatic rings. The average Bonchev–Trinajstić information content (AvgIpc) is 3.32. The fourth-order valence-corrected chi connectivity index (χ4v) is 6.46. The summed E-state index contributed by atoms with van der Waals surface area (Å²) in [7, 11) is -3.54. The number of hydrogen-bond acceptors (Lipinski definition) is 4. The summed E-state index contributed by atoms with van der Waals surface area (Å²) in [6.45, 7) is 2.72. The number of thiophene rings is 1. The molecular weight excluding hydrogens is 356 g/mol. The van der Waals surface area contributed by atoms with Gasteiger partial charge in [0, 0.05) is 30.6 Å². The molecule has 3 heterocycles. The van der Waals surface area contributed by atoms with E-state index in [1.54, 1.807) is 38.7 Å². The lowest BCUT2D eigenvalue weighted by atomic mass is 10.2. The Morgan fingerprint density at radius 1 is 1.24 bits per heavy atom. The zero-order valence-electron chi connectivity index (χ0n) is 14.0. The number of carbonyl (C=O) groups excluding carboxylic acids is 1. The number of amides is 1. The Kier molecular flexibility index (Phi) is 4.17. The van der Waals surface area contributed by atoms with Gasteiger partial charge in [-0.25, -0.2) is 8.42 Å². The van der Waals surface area contributed by atoms with Crippen molar-refractivity contribution in [1.29, 1.82) is 0 Å². The standard InChI is InChI=1S/C18H20N2O3S2/c1-13(21)19-10-8-14-12-15(6-7-16(14)19)25(22,23)20-9-2-4-17(20)18-5-3-11-24-18/h3,5-7,11-12,17H,2,4,8-10H2,1H3/t17-/m0/s1. The highest BCUT2D eigenvalue weighted by molar-refractivity contribution is 7.89. The van der Waals surface area contributed by atoms with Gasteiger partial charge in [-0.3, -0.25) is 4.79 Å². The lowest BCUT2D eigenvalue weighted by molar-refractivity contribution is -0.116. The molecule has 0 N–H and O–H groups in total. The Balaban J connectivity index is 1.68. The topological polar surface area (TPSA) is 57.7 Å². The fraction of sp³-hybridized carbons (Fsp3) is 0.389. The molecule has 0 spiro atoms. The lowest BCUT2D eigenvalue weighted by Gasteiger charge is -2.24. The highest BCUT2D eigenvalue weighted by Gasteiger charge is 2.37. The van der Waals surface area contributed by atoms with Crippen LogP contribution >= 0.6 is 11.3 Å². The Morgan fingerprint density at radius 3 is 2.80 bits per heavy atom. The molecule has 5 nitrogen and oxygen atoms in total. The van der Waals surface area contributed by atoms with Crippen LogP contribution in [0.5, 0.6) is 0 Å². The summed E-state index contributed by atoms with van der Waals surface area (Å²) in [6, 6.07) is 9.07. The highest BCUT2D eigenvalue weighted by Crippen LogP contribution is 2.39. The second-order valence-electron chi connectivity index (χ2n) is 6.50. The average molecular weight is 377 g/mol. The molecule has 1 atom stereocenters. The van der Waals surface area contributed by atoms with Crippen LogP contribution in [0, 0.1) is 0 Å². The molecule has 7 heteroatoms. The predicted molar refractivity (Wildman–Crippen MR) is 98.4 cm³/mol. The maximum atomic E-state index is 13.2. The minimum absolute atomic E-state index is 0.00772. The van der Waals surface area contributed by atoms with Crippen molar-refractivity contribution in [1.82, 2.24) is 4.31 Å². The Hall–Kier alpha value is -1.70. The first-order chi connectivity index (χ1) is 12.0. The number of fused-ring (bicyclic) bond motifs is 1. The van der Waals surface area contributed by atoms with Crippen molar-refractivity contribution < 1.29 is 13.2 Å². The molecule has 1 aromatic heterocycles. The molecule has 2 aliphatic heterocycles. The van der Waals surface area contributed by atoms with Gasteiger partial charge in [0.15, 0.2) is 0 Å². The van der Waals surface area contributed by atoms with Crippen LogP contribution in [-0.4, -0.2) is 31.7 Å². The molecule has 4 rings (SSSR count). The van der Waals surface area contributed by atoms with Crippen molar-refractivity contribution in [3.8, 4) is 0 Å². The van der Waals surface area contributed by atoms with Gasteiger partial charge in [-0.1, -0.05) is 6.07 Å². The highest BCUT2D eigenvalue weighted by atomic mass is 32.2. The van der Waals surface area contributed by atoms with Crippen molar-refractivity contribution in [3.05, 3.63) is 46.2 Å². The van der Waals surface area contributed by atoms with E-state index in [0.717, 1.165) is 29.0 Å². The van der Waals surface area contributed by atoms with E-state index in [-0.39, 0.29) is 11.9 Å². The van der Waals surface area contributed by atoms with E-state index < -0.39 is 10.0 Å². The Bertz CT molecular complexity index is 906. The summed E-state index contributed by atoms with van der Waals surface area (Å²) < 4.78 is 28.0. The maximum absolute atomic E-state index is 13.2. The van der Waals surface area contributed by atoms with Crippen LogP contribution in [0.3, 0.4) is 0 Å². The number of hydrogen-bond donors (Lipinski definition) is 0. The molecular formula is C18H20N2O3S2. The second kappa shape index (κ2) is 6.23. The molecule has 0 bridgehead atoms. The van der Waals surface area contributed by atoms with Gasteiger partial charge in [0.25, 0.3) is 0 Å². The molecule has 0 aliphatic carbocycles. The van der Waals surface area contributed by atoms with E-state index in [4.69, 9.17) is 0 Å². The second-order valence-corrected chi connectivity index (χ2v) is 9.37. The number of benzene rings is 1. The fourth-order valence-electron chi connectivity index (χ4n) is 3.79. The summed E-state index contributed by atoms with van der Waals surface area (Å²) in [5, 5.41) is 1.99. The molecule has 132 valence electrons. The molecule has 1 fully saturated rings. The van der Waals surface area contributed by atoms with Gasteiger partial charge in [-0.15, -0.1) is 11.3 Å². The summed E-state index contributed by atoms with van der Waals surface area (Å²) in [6.07, 6.45) is 2.44. The third-order valence-corrected chi connectivity index (χ3v) is 7.89. The quantitative estimate of drug-likeness (QED) is 0.827. The number of nitrogens with zero attached hydrogens (tertiary/aromatic N) is 2. The van der Waals surface area contributed by atoms with Gasteiger partial charge in [-0.2, -0.15) is 4.31 Å².